The molecule has 0 saturated heterocycles. The van der Waals surface area contributed by atoms with Crippen molar-refractivity contribution in [1.82, 2.24) is 0 Å². The molecule has 614 valence electrons. The van der Waals surface area contributed by atoms with Gasteiger partial charge in [-0.2, -0.15) is 0 Å². The maximum absolute atomic E-state index is 12.1. The zero-order valence-electron chi connectivity index (χ0n) is 67.8. The number of hydrogen-bond acceptors (Lipinski definition) is 19. The highest BCUT2D eigenvalue weighted by Gasteiger charge is 2.39. The predicted molar refractivity (Wildman–Crippen MR) is 443 cm³/mol. The number of rotatable bonds is 19. The van der Waals surface area contributed by atoms with E-state index in [2.05, 4.69) is 13.2 Å². The van der Waals surface area contributed by atoms with Crippen LogP contribution in [-0.4, -0.2) is 160 Å². The average molecular weight is 1570 g/mol. The SMILES string of the molecule is C=C=O.C=C=O.CC(C)(O)C(=O)c1ccc(CO)cc1.CC(C)(O)C(=O)c1ccc(Cc2ccc(C(=O)C(C)(C)O)cc2)cc1.CC(C)(O)C(=O)c1ccccc1.CC(C)(O)C(=O)c1ccccc1.Cc1ccc(C(=O)C(C)(C)O)cc1.O.O.O=C(c1ccccc1)C1(O)CCCCC1.O=C(c1ccccc1)C1(O)CCCCC1. The van der Waals surface area contributed by atoms with Gasteiger partial charge in [0.05, 0.1) is 6.61 Å². The summed E-state index contributed by atoms with van der Waals surface area (Å²) in [5, 5.41) is 86.5. The first-order valence-corrected chi connectivity index (χ1v) is 36.8. The van der Waals surface area contributed by atoms with E-state index < -0.39 is 44.8 Å². The molecule has 0 atom stereocenters. The molecule has 0 amide bonds. The number of carbonyl (C=O) groups excluding carboxylic acids is 10. The van der Waals surface area contributed by atoms with Crippen molar-refractivity contribution >= 4 is 58.1 Å². The van der Waals surface area contributed by atoms with Crippen LogP contribution in [-0.2, 0) is 22.6 Å². The van der Waals surface area contributed by atoms with Crippen molar-refractivity contribution in [2.75, 3.05) is 0 Å². The molecule has 0 aliphatic heterocycles. The van der Waals surface area contributed by atoms with Gasteiger partial charge < -0.3 is 56.9 Å². The van der Waals surface area contributed by atoms with Crippen LogP contribution in [0.1, 0.15) is 252 Å². The van der Waals surface area contributed by atoms with Gasteiger partial charge >= 0.3 is 0 Å². The standard InChI is InChI=1S/C21H24O4.2C13H16O2.C11H14O3.C11H14O2.2C10H12O2.2C2H2O.2H2O/c1-20(2,24)18(22)16-9-5-14(6-10-16)13-15-7-11-17(12-8-15)19(23)21(3,4)25;2*14-12(11-7-3-1-4-8-11)13(15)9-5-2-6-10-13;1-11(2,14)10(13)9-5-3-8(7-12)4-6-9;1-8-4-6-9(7-5-8)10(12)11(2,3)13;2*1-10(2,12)9(11)8-6-4-3-5-7-8;2*1-2-3;;/h5-12,24-25H,13H2,1-4H3;2*1,3-4,7-8,15H,2,5-6,9-10H2;3-6,12,14H,7H2,1-2H3;4-7,13H,1-3H3;2*3-7,12H,1-2H3;2*1H2;2*1H2. The van der Waals surface area contributed by atoms with Crippen LogP contribution in [0, 0.1) is 6.92 Å². The summed E-state index contributed by atoms with van der Waals surface area (Å²) < 4.78 is 0. The first kappa shape index (κ1) is 104. The fourth-order valence-electron chi connectivity index (χ4n) is 11.0. The van der Waals surface area contributed by atoms with Crippen LogP contribution in [0.15, 0.2) is 232 Å². The summed E-state index contributed by atoms with van der Waals surface area (Å²) in [6.45, 7) is 25.0. The third kappa shape index (κ3) is 36.6. The van der Waals surface area contributed by atoms with E-state index in [1.165, 1.54) is 95.0 Å². The van der Waals surface area contributed by atoms with Crippen molar-refractivity contribution in [3.63, 3.8) is 0 Å². The summed E-state index contributed by atoms with van der Waals surface area (Å²) in [5.41, 5.74) is -1.95. The molecule has 0 bridgehead atoms. The third-order valence-corrected chi connectivity index (χ3v) is 17.2. The quantitative estimate of drug-likeness (QED) is 0.0268. The molecule has 0 unspecified atom stereocenters. The van der Waals surface area contributed by atoms with Gasteiger partial charge in [-0.05, 0) is 152 Å². The van der Waals surface area contributed by atoms with Crippen molar-refractivity contribution in [3.05, 3.63) is 298 Å². The number of aliphatic hydroxyl groups excluding tert-OH is 1. The molecule has 10 rings (SSSR count). The lowest BCUT2D eigenvalue weighted by Crippen LogP contribution is -2.40. The van der Waals surface area contributed by atoms with E-state index in [4.69, 9.17) is 14.7 Å². The van der Waals surface area contributed by atoms with Gasteiger partial charge in [0.2, 0.25) is 0 Å². The van der Waals surface area contributed by atoms with Crippen LogP contribution >= 0.6 is 0 Å². The van der Waals surface area contributed by atoms with Gasteiger partial charge in [0.25, 0.3) is 0 Å². The lowest BCUT2D eigenvalue weighted by molar-refractivity contribution is 0.0116. The van der Waals surface area contributed by atoms with E-state index in [0.29, 0.717) is 76.6 Å². The van der Waals surface area contributed by atoms with Crippen molar-refractivity contribution < 1.29 is 105 Å². The number of aryl methyl sites for hydroxylation is 1. The Morgan fingerprint density at radius 2 is 0.482 bits per heavy atom. The predicted octanol–water partition coefficient (Wildman–Crippen LogP) is 13.0. The fourth-order valence-corrected chi connectivity index (χ4v) is 11.0. The molecule has 114 heavy (non-hydrogen) atoms. The topological polar surface area (TPSA) is 416 Å². The molecule has 0 heterocycles. The van der Waals surface area contributed by atoms with Gasteiger partial charge in [-0.1, -0.05) is 262 Å². The van der Waals surface area contributed by atoms with Gasteiger partial charge in [-0.25, -0.2) is 9.59 Å². The molecule has 2 aliphatic rings. The summed E-state index contributed by atoms with van der Waals surface area (Å²) >= 11 is 0. The molecule has 21 heteroatoms. The van der Waals surface area contributed by atoms with Crippen molar-refractivity contribution in [1.29, 1.82) is 0 Å². The number of ketones is 8. The number of aliphatic hydroxyl groups is 9. The summed E-state index contributed by atoms with van der Waals surface area (Å²) in [6, 6.07) is 63.7. The molecule has 2 fully saturated rings. The second-order valence-electron chi connectivity index (χ2n) is 30.2. The summed E-state index contributed by atoms with van der Waals surface area (Å²) in [5.74, 6) is 0.605. The van der Waals surface area contributed by atoms with Gasteiger partial charge in [-0.3, -0.25) is 38.4 Å². The highest BCUT2D eigenvalue weighted by molar-refractivity contribution is 6.05. The van der Waals surface area contributed by atoms with Crippen LogP contribution in [0.4, 0.5) is 0 Å². The van der Waals surface area contributed by atoms with Crippen LogP contribution in [0.25, 0.3) is 0 Å². The summed E-state index contributed by atoms with van der Waals surface area (Å²) in [6.07, 6.45) is 9.18. The Balaban J connectivity index is 0.00000131. The highest BCUT2D eigenvalue weighted by atomic mass is 16.3. The van der Waals surface area contributed by atoms with E-state index in [1.54, 1.807) is 133 Å². The Morgan fingerprint density at radius 3 is 0.675 bits per heavy atom. The lowest BCUT2D eigenvalue weighted by atomic mass is 9.79. The minimum absolute atomic E-state index is 0. The Bertz CT molecular complexity index is 4080. The third-order valence-electron chi connectivity index (χ3n) is 17.2. The van der Waals surface area contributed by atoms with Gasteiger partial charge in [-0.15, -0.1) is 0 Å². The molecule has 8 aromatic rings. The average Bonchev–Trinajstić information content (AvgIpc) is 0.821. The largest absolute Gasteiger partial charge is 0.412 e. The second kappa shape index (κ2) is 48.6. The molecule has 2 saturated carbocycles. The smallest absolute Gasteiger partial charge is 0.194 e. The zero-order chi connectivity index (χ0) is 84.9. The van der Waals surface area contributed by atoms with E-state index in [9.17, 15) is 79.2 Å². The highest BCUT2D eigenvalue weighted by Crippen LogP contribution is 2.33. The summed E-state index contributed by atoms with van der Waals surface area (Å²) in [7, 11) is 0. The van der Waals surface area contributed by atoms with Crippen molar-refractivity contribution in [2.45, 2.75) is 212 Å². The van der Waals surface area contributed by atoms with E-state index in [-0.39, 0.29) is 63.8 Å². The van der Waals surface area contributed by atoms with Crippen molar-refractivity contribution in [2.24, 2.45) is 0 Å². The summed E-state index contributed by atoms with van der Waals surface area (Å²) in [4.78, 5) is 111. The molecule has 0 aromatic heterocycles. The molecule has 21 nitrogen and oxygen atoms in total. The van der Waals surface area contributed by atoms with Crippen LogP contribution < -0.4 is 0 Å². The molecular formula is C93H116O21. The van der Waals surface area contributed by atoms with E-state index in [1.807, 2.05) is 91.9 Å². The van der Waals surface area contributed by atoms with E-state index >= 15 is 0 Å². The maximum Gasteiger partial charge on any atom is 0.194 e. The number of carbonyl (C=O) groups is 8. The first-order valence-electron chi connectivity index (χ1n) is 36.8. The molecular weight excluding hydrogens is 1450 g/mol. The van der Waals surface area contributed by atoms with Gasteiger partial charge in [0.1, 0.15) is 56.7 Å². The van der Waals surface area contributed by atoms with Crippen molar-refractivity contribution in [3.8, 4) is 0 Å². The van der Waals surface area contributed by atoms with Gasteiger partial charge in [0, 0.05) is 44.5 Å². The van der Waals surface area contributed by atoms with Crippen LogP contribution in [0.5, 0.6) is 0 Å². The second-order valence-corrected chi connectivity index (χ2v) is 30.2. The molecule has 0 spiro atoms. The maximum atomic E-state index is 12.1. The molecule has 13 N–H and O–H groups in total. The van der Waals surface area contributed by atoms with E-state index in [0.717, 1.165) is 60.8 Å². The Kier molecular flexibility index (Phi) is 44.2. The van der Waals surface area contributed by atoms with Crippen LogP contribution in [0.2, 0.25) is 0 Å². The molecule has 8 aromatic carbocycles. The Morgan fingerprint density at radius 1 is 0.307 bits per heavy atom. The molecule has 2 aliphatic carbocycles. The fraction of sp³-hybridized carbons (Fsp3) is 0.355. The van der Waals surface area contributed by atoms with Gasteiger partial charge in [0.15, 0.2) is 46.3 Å². The monoisotopic (exact) mass is 1570 g/mol. The zero-order valence-corrected chi connectivity index (χ0v) is 67.8. The first-order chi connectivity index (χ1) is 52.1. The number of Topliss-reactive ketones (excluding diaryl/α,β-unsaturated/α-hetero) is 8. The minimum atomic E-state index is -1.38. The number of hydrogen-bond donors (Lipinski definition) is 9. The minimum Gasteiger partial charge on any atom is -0.412 e. The number of benzene rings is 8. The normalized spacial score (nSPS) is 13.1. The molecule has 0 radical (unpaired) electrons. The lowest BCUT2D eigenvalue weighted by Gasteiger charge is -2.30. The Hall–Kier alpha value is -10.4. The van der Waals surface area contributed by atoms with Crippen LogP contribution in [0.3, 0.4) is 0 Å². The Labute approximate surface area is 670 Å².